The number of carbonyl (C=O) groups is 2. The van der Waals surface area contributed by atoms with E-state index in [2.05, 4.69) is 23.6 Å². The Hall–Kier alpha value is -3.40. The molecule has 1 fully saturated rings. The number of para-hydroxylation sites is 1. The average molecular weight is 399 g/mol. The fraction of sp³-hybridized carbons (Fsp3) is 0.231. The van der Waals surface area contributed by atoms with Crippen molar-refractivity contribution in [3.8, 4) is 0 Å². The summed E-state index contributed by atoms with van der Waals surface area (Å²) in [7, 11) is 2.01. The maximum absolute atomic E-state index is 13.5. The second-order valence-electron chi connectivity index (χ2n) is 8.11. The summed E-state index contributed by atoms with van der Waals surface area (Å²) < 4.78 is 2.12. The SMILES string of the molecule is CC(C)=C1C(=O)N(Cc2ccccc2)C(=O)/C1=C(\C)c1c(C)c2ccccc2n1C. The summed E-state index contributed by atoms with van der Waals surface area (Å²) in [5, 5.41) is 1.16. The van der Waals surface area contributed by atoms with E-state index in [9.17, 15) is 9.59 Å². The molecule has 4 nitrogen and oxygen atoms in total. The Morgan fingerprint density at radius 3 is 2.07 bits per heavy atom. The number of likely N-dealkylation sites (tertiary alicyclic amines) is 1. The normalized spacial score (nSPS) is 16.0. The molecular formula is C26H26N2O2. The summed E-state index contributed by atoms with van der Waals surface area (Å²) in [5.41, 5.74) is 6.91. The minimum atomic E-state index is -0.220. The van der Waals surface area contributed by atoms with Crippen molar-refractivity contribution < 1.29 is 9.59 Å². The molecule has 0 spiro atoms. The summed E-state index contributed by atoms with van der Waals surface area (Å²) in [6, 6.07) is 17.8. The number of amides is 2. The average Bonchev–Trinajstić information content (AvgIpc) is 3.14. The van der Waals surface area contributed by atoms with Gasteiger partial charge in [0, 0.05) is 23.6 Å². The van der Waals surface area contributed by atoms with Crippen molar-refractivity contribution >= 4 is 28.3 Å². The highest BCUT2D eigenvalue weighted by atomic mass is 16.2. The molecule has 1 aliphatic heterocycles. The minimum absolute atomic E-state index is 0.213. The van der Waals surface area contributed by atoms with Crippen LogP contribution in [-0.4, -0.2) is 21.3 Å². The smallest absolute Gasteiger partial charge is 0.262 e. The van der Waals surface area contributed by atoms with Crippen molar-refractivity contribution in [3.05, 3.63) is 88.1 Å². The fourth-order valence-corrected chi connectivity index (χ4v) is 4.53. The molecule has 30 heavy (non-hydrogen) atoms. The molecule has 3 aromatic rings. The number of aromatic nitrogens is 1. The lowest BCUT2D eigenvalue weighted by Gasteiger charge is -2.13. The summed E-state index contributed by atoms with van der Waals surface area (Å²) in [5.74, 6) is -0.433. The van der Waals surface area contributed by atoms with E-state index in [1.807, 2.05) is 70.3 Å². The largest absolute Gasteiger partial charge is 0.344 e. The quantitative estimate of drug-likeness (QED) is 0.451. The predicted octanol–water partition coefficient (Wildman–Crippen LogP) is 5.17. The Morgan fingerprint density at radius 2 is 1.43 bits per heavy atom. The van der Waals surface area contributed by atoms with Crippen molar-refractivity contribution in [2.75, 3.05) is 0 Å². The van der Waals surface area contributed by atoms with Crippen LogP contribution in [0.25, 0.3) is 16.5 Å². The van der Waals surface area contributed by atoms with Gasteiger partial charge in [0.05, 0.1) is 17.7 Å². The molecule has 0 bridgehead atoms. The maximum Gasteiger partial charge on any atom is 0.262 e. The lowest BCUT2D eigenvalue weighted by atomic mass is 9.96. The van der Waals surface area contributed by atoms with Crippen molar-refractivity contribution in [3.63, 3.8) is 0 Å². The first-order chi connectivity index (χ1) is 14.3. The van der Waals surface area contributed by atoms with Gasteiger partial charge >= 0.3 is 0 Å². The zero-order valence-corrected chi connectivity index (χ0v) is 18.1. The Balaban J connectivity index is 1.90. The Bertz CT molecular complexity index is 1200. The van der Waals surface area contributed by atoms with Gasteiger partial charge in [-0.3, -0.25) is 14.5 Å². The zero-order valence-electron chi connectivity index (χ0n) is 18.1. The zero-order chi connectivity index (χ0) is 21.6. The van der Waals surface area contributed by atoms with E-state index in [1.165, 1.54) is 4.90 Å². The molecule has 4 heteroatoms. The number of rotatable bonds is 3. The molecule has 0 radical (unpaired) electrons. The number of imide groups is 1. The van der Waals surface area contributed by atoms with Gasteiger partial charge in [0.25, 0.3) is 11.8 Å². The minimum Gasteiger partial charge on any atom is -0.344 e. The molecule has 0 unspecified atom stereocenters. The summed E-state index contributed by atoms with van der Waals surface area (Å²) >= 11 is 0. The van der Waals surface area contributed by atoms with Gasteiger partial charge in [0.15, 0.2) is 0 Å². The molecule has 0 atom stereocenters. The van der Waals surface area contributed by atoms with Gasteiger partial charge in [-0.05, 0) is 50.5 Å². The first kappa shape index (κ1) is 19.9. The van der Waals surface area contributed by atoms with Crippen LogP contribution in [0.2, 0.25) is 0 Å². The van der Waals surface area contributed by atoms with E-state index in [0.29, 0.717) is 11.1 Å². The molecule has 2 amide bonds. The number of aryl methyl sites for hydroxylation is 2. The lowest BCUT2D eigenvalue weighted by Crippen LogP contribution is -2.29. The van der Waals surface area contributed by atoms with Crippen molar-refractivity contribution in [2.45, 2.75) is 34.2 Å². The molecule has 0 aliphatic carbocycles. The molecule has 2 aromatic carbocycles. The molecular weight excluding hydrogens is 372 g/mol. The second-order valence-corrected chi connectivity index (χ2v) is 8.11. The van der Waals surface area contributed by atoms with Crippen LogP contribution >= 0.6 is 0 Å². The highest BCUT2D eigenvalue weighted by Gasteiger charge is 2.41. The first-order valence-electron chi connectivity index (χ1n) is 10.2. The molecule has 0 N–H and O–H groups in total. The number of benzene rings is 2. The van der Waals surface area contributed by atoms with Crippen LogP contribution in [0.5, 0.6) is 0 Å². The third-order valence-corrected chi connectivity index (χ3v) is 5.94. The monoisotopic (exact) mass is 398 g/mol. The van der Waals surface area contributed by atoms with Gasteiger partial charge in [-0.25, -0.2) is 0 Å². The lowest BCUT2D eigenvalue weighted by molar-refractivity contribution is -0.137. The second kappa shape index (κ2) is 7.45. The van der Waals surface area contributed by atoms with Crippen LogP contribution in [0, 0.1) is 6.92 Å². The molecule has 4 rings (SSSR count). The number of fused-ring (bicyclic) bond motifs is 1. The number of allylic oxidation sites excluding steroid dienone is 2. The van der Waals surface area contributed by atoms with Crippen molar-refractivity contribution in [2.24, 2.45) is 7.05 Å². The van der Waals surface area contributed by atoms with Gasteiger partial charge in [0.2, 0.25) is 0 Å². The fourth-order valence-electron chi connectivity index (χ4n) is 4.53. The first-order valence-corrected chi connectivity index (χ1v) is 10.2. The molecule has 152 valence electrons. The number of hydrogen-bond donors (Lipinski definition) is 0. The van der Waals surface area contributed by atoms with Crippen LogP contribution in [-0.2, 0) is 23.2 Å². The van der Waals surface area contributed by atoms with E-state index in [1.54, 1.807) is 0 Å². The van der Waals surface area contributed by atoms with Crippen LogP contribution in [0.15, 0.2) is 71.3 Å². The molecule has 1 aliphatic rings. The van der Waals surface area contributed by atoms with Crippen LogP contribution in [0.1, 0.15) is 37.6 Å². The molecule has 1 aromatic heterocycles. The van der Waals surface area contributed by atoms with Crippen molar-refractivity contribution in [1.82, 2.24) is 9.47 Å². The summed E-state index contributed by atoms with van der Waals surface area (Å²) in [6.07, 6.45) is 0. The van der Waals surface area contributed by atoms with Gasteiger partial charge in [0.1, 0.15) is 0 Å². The van der Waals surface area contributed by atoms with Crippen LogP contribution in [0.3, 0.4) is 0 Å². The predicted molar refractivity (Wildman–Crippen MR) is 121 cm³/mol. The van der Waals surface area contributed by atoms with E-state index in [-0.39, 0.29) is 18.4 Å². The molecule has 2 heterocycles. The molecule has 0 saturated carbocycles. The van der Waals surface area contributed by atoms with Crippen LogP contribution < -0.4 is 0 Å². The van der Waals surface area contributed by atoms with E-state index < -0.39 is 0 Å². The van der Waals surface area contributed by atoms with E-state index in [0.717, 1.165) is 38.9 Å². The topological polar surface area (TPSA) is 42.3 Å². The van der Waals surface area contributed by atoms with Gasteiger partial charge in [-0.2, -0.15) is 0 Å². The summed E-state index contributed by atoms with van der Waals surface area (Å²) in [4.78, 5) is 28.1. The Kier molecular flexibility index (Phi) is 4.94. The van der Waals surface area contributed by atoms with Gasteiger partial charge < -0.3 is 4.57 Å². The molecule has 1 saturated heterocycles. The van der Waals surface area contributed by atoms with Gasteiger partial charge in [-0.15, -0.1) is 0 Å². The Labute approximate surface area is 177 Å². The standard InChI is InChI=1S/C26H26N2O2/c1-16(2)22-23(26(30)28(25(22)29)15-19-11-7-6-8-12-19)18(4)24-17(3)20-13-9-10-14-21(20)27(24)5/h6-14H,15H2,1-5H3/b23-18+. The van der Waals surface area contributed by atoms with E-state index >= 15 is 0 Å². The maximum atomic E-state index is 13.5. The van der Waals surface area contributed by atoms with Crippen molar-refractivity contribution in [1.29, 1.82) is 0 Å². The number of nitrogens with zero attached hydrogens (tertiary/aromatic N) is 2. The van der Waals surface area contributed by atoms with Gasteiger partial charge in [-0.1, -0.05) is 54.1 Å². The Morgan fingerprint density at radius 1 is 0.833 bits per heavy atom. The van der Waals surface area contributed by atoms with Crippen LogP contribution in [0.4, 0.5) is 0 Å². The highest BCUT2D eigenvalue weighted by Crippen LogP contribution is 2.38. The third-order valence-electron chi connectivity index (χ3n) is 5.94. The summed E-state index contributed by atoms with van der Waals surface area (Å²) in [6.45, 7) is 8.10. The third kappa shape index (κ3) is 3.00. The van der Waals surface area contributed by atoms with E-state index in [4.69, 9.17) is 0 Å². The number of carbonyl (C=O) groups excluding carboxylic acids is 2. The highest BCUT2D eigenvalue weighted by molar-refractivity contribution is 6.27. The number of hydrogen-bond acceptors (Lipinski definition) is 2.